The predicted octanol–water partition coefficient (Wildman–Crippen LogP) is 5.91. The molecule has 5 aromatic rings. The van der Waals surface area contributed by atoms with Crippen molar-refractivity contribution in [2.24, 2.45) is 0 Å². The number of nitrogens with one attached hydrogen (secondary N) is 1. The van der Waals surface area contributed by atoms with Crippen molar-refractivity contribution in [1.82, 2.24) is 10.3 Å². The summed E-state index contributed by atoms with van der Waals surface area (Å²) in [7, 11) is 0. The number of rotatable bonds is 5. The van der Waals surface area contributed by atoms with Crippen LogP contribution in [0, 0.1) is 0 Å². The molecule has 5 rings (SSSR count). The lowest BCUT2D eigenvalue weighted by atomic mass is 9.97. The van der Waals surface area contributed by atoms with E-state index in [9.17, 15) is 4.79 Å². The third-order valence-corrected chi connectivity index (χ3v) is 5.53. The Hall–Kier alpha value is -3.98. The summed E-state index contributed by atoms with van der Waals surface area (Å²) in [5.41, 5.74) is 4.92. The lowest BCUT2D eigenvalue weighted by molar-refractivity contribution is -0.120. The standard InChI is InChI=1S/C28H22N2O/c31-27(29-19-20-9-3-1-4-10-20)18-23-17-26(22-12-5-2-6-13-22)30-25-16-15-21-11-7-8-14-24(21)28(23)25/h1-17H,18-19H2,(H,29,31). The molecule has 0 aliphatic heterocycles. The Morgan fingerprint density at radius 3 is 2.29 bits per heavy atom. The summed E-state index contributed by atoms with van der Waals surface area (Å²) in [5.74, 6) is 0.00305. The van der Waals surface area contributed by atoms with E-state index in [1.807, 2.05) is 60.7 Å². The highest BCUT2D eigenvalue weighted by Gasteiger charge is 2.14. The molecular weight excluding hydrogens is 380 g/mol. The van der Waals surface area contributed by atoms with Crippen LogP contribution >= 0.6 is 0 Å². The summed E-state index contributed by atoms with van der Waals surface area (Å²) >= 11 is 0. The lowest BCUT2D eigenvalue weighted by Gasteiger charge is -2.13. The minimum atomic E-state index is 0.00305. The van der Waals surface area contributed by atoms with Crippen LogP contribution in [0.5, 0.6) is 0 Å². The SMILES string of the molecule is O=C(Cc1cc(-c2ccccc2)nc2ccc3ccccc3c12)NCc1ccccc1. The molecule has 0 fully saturated rings. The van der Waals surface area contributed by atoms with E-state index in [0.29, 0.717) is 13.0 Å². The Morgan fingerprint density at radius 1 is 0.774 bits per heavy atom. The van der Waals surface area contributed by atoms with E-state index in [-0.39, 0.29) is 5.91 Å². The number of carbonyl (C=O) groups excluding carboxylic acids is 1. The quantitative estimate of drug-likeness (QED) is 0.371. The second-order valence-electron chi connectivity index (χ2n) is 7.65. The van der Waals surface area contributed by atoms with Crippen LogP contribution in [0.1, 0.15) is 11.1 Å². The molecule has 4 aromatic carbocycles. The van der Waals surface area contributed by atoms with Crippen LogP contribution in [0.4, 0.5) is 0 Å². The van der Waals surface area contributed by atoms with E-state index in [1.165, 1.54) is 0 Å². The zero-order valence-corrected chi connectivity index (χ0v) is 17.1. The molecule has 1 amide bonds. The van der Waals surface area contributed by atoms with Gasteiger partial charge >= 0.3 is 0 Å². The van der Waals surface area contributed by atoms with Gasteiger partial charge in [0.2, 0.25) is 5.91 Å². The smallest absolute Gasteiger partial charge is 0.224 e. The average Bonchev–Trinajstić information content (AvgIpc) is 2.83. The number of benzene rings is 4. The van der Waals surface area contributed by atoms with Gasteiger partial charge in [-0.2, -0.15) is 0 Å². The second kappa shape index (κ2) is 8.41. The molecule has 0 atom stereocenters. The Morgan fingerprint density at radius 2 is 1.48 bits per heavy atom. The van der Waals surface area contributed by atoms with Gasteiger partial charge in [-0.1, -0.05) is 91.0 Å². The molecule has 1 heterocycles. The zero-order chi connectivity index (χ0) is 21.0. The maximum Gasteiger partial charge on any atom is 0.224 e. The van der Waals surface area contributed by atoms with Gasteiger partial charge < -0.3 is 5.32 Å². The summed E-state index contributed by atoms with van der Waals surface area (Å²) in [6.45, 7) is 0.523. The minimum Gasteiger partial charge on any atom is -0.352 e. The van der Waals surface area contributed by atoms with Crippen molar-refractivity contribution in [3.05, 3.63) is 114 Å². The van der Waals surface area contributed by atoms with Gasteiger partial charge in [0.25, 0.3) is 0 Å². The van der Waals surface area contributed by atoms with Crippen molar-refractivity contribution in [3.8, 4) is 11.3 Å². The van der Waals surface area contributed by atoms with Gasteiger partial charge in [-0.15, -0.1) is 0 Å². The van der Waals surface area contributed by atoms with Crippen LogP contribution in [-0.2, 0) is 17.8 Å². The van der Waals surface area contributed by atoms with Crippen molar-refractivity contribution < 1.29 is 4.79 Å². The van der Waals surface area contributed by atoms with Crippen molar-refractivity contribution in [1.29, 1.82) is 0 Å². The minimum absolute atomic E-state index is 0.00305. The Kier molecular flexibility index (Phi) is 5.16. The number of nitrogens with zero attached hydrogens (tertiary/aromatic N) is 1. The number of fused-ring (bicyclic) bond motifs is 3. The Bertz CT molecular complexity index is 1360. The van der Waals surface area contributed by atoms with Gasteiger partial charge in [-0.25, -0.2) is 4.98 Å². The Labute approximate surface area is 181 Å². The van der Waals surface area contributed by atoms with E-state index in [4.69, 9.17) is 4.98 Å². The summed E-state index contributed by atoms with van der Waals surface area (Å²) in [5, 5.41) is 6.38. The third-order valence-electron chi connectivity index (χ3n) is 5.53. The number of amides is 1. The molecule has 150 valence electrons. The lowest BCUT2D eigenvalue weighted by Crippen LogP contribution is -2.24. The molecular formula is C28H22N2O. The highest BCUT2D eigenvalue weighted by Crippen LogP contribution is 2.31. The number of hydrogen-bond acceptors (Lipinski definition) is 2. The number of hydrogen-bond donors (Lipinski definition) is 1. The van der Waals surface area contributed by atoms with E-state index in [1.54, 1.807) is 0 Å². The van der Waals surface area contributed by atoms with Crippen molar-refractivity contribution in [3.63, 3.8) is 0 Å². The van der Waals surface area contributed by atoms with Crippen LogP contribution < -0.4 is 5.32 Å². The summed E-state index contributed by atoms with van der Waals surface area (Å²) in [6.07, 6.45) is 0.305. The molecule has 0 bridgehead atoms. The highest BCUT2D eigenvalue weighted by molar-refractivity contribution is 6.09. The van der Waals surface area contributed by atoms with Gasteiger partial charge in [0.05, 0.1) is 17.6 Å². The van der Waals surface area contributed by atoms with Crippen LogP contribution in [0.25, 0.3) is 32.9 Å². The fourth-order valence-corrected chi connectivity index (χ4v) is 4.02. The molecule has 31 heavy (non-hydrogen) atoms. The molecule has 0 radical (unpaired) electrons. The van der Waals surface area contributed by atoms with Gasteiger partial charge in [0.15, 0.2) is 0 Å². The van der Waals surface area contributed by atoms with Gasteiger partial charge in [-0.3, -0.25) is 4.79 Å². The first kappa shape index (κ1) is 19.0. The van der Waals surface area contributed by atoms with Crippen LogP contribution in [-0.4, -0.2) is 10.9 Å². The first-order valence-electron chi connectivity index (χ1n) is 10.5. The molecule has 3 heteroatoms. The van der Waals surface area contributed by atoms with Crippen LogP contribution in [0.2, 0.25) is 0 Å². The van der Waals surface area contributed by atoms with E-state index in [0.717, 1.165) is 44.1 Å². The summed E-state index contributed by atoms with van der Waals surface area (Å²) < 4.78 is 0. The summed E-state index contributed by atoms with van der Waals surface area (Å²) in [6, 6.07) is 34.6. The second-order valence-corrected chi connectivity index (χ2v) is 7.65. The van der Waals surface area contributed by atoms with Crippen LogP contribution in [0.15, 0.2) is 103 Å². The molecule has 0 unspecified atom stereocenters. The molecule has 0 aliphatic carbocycles. The van der Waals surface area contributed by atoms with Crippen LogP contribution in [0.3, 0.4) is 0 Å². The largest absolute Gasteiger partial charge is 0.352 e. The number of pyridine rings is 1. The monoisotopic (exact) mass is 402 g/mol. The maximum absolute atomic E-state index is 12.9. The molecule has 0 aliphatic rings. The molecule has 0 saturated heterocycles. The van der Waals surface area contributed by atoms with Gasteiger partial charge in [-0.05, 0) is 34.0 Å². The first-order chi connectivity index (χ1) is 15.3. The molecule has 0 saturated carbocycles. The number of carbonyl (C=O) groups is 1. The molecule has 3 nitrogen and oxygen atoms in total. The van der Waals surface area contributed by atoms with Crippen molar-refractivity contribution in [2.45, 2.75) is 13.0 Å². The number of aromatic nitrogens is 1. The van der Waals surface area contributed by atoms with Crippen molar-refractivity contribution >= 4 is 27.6 Å². The van der Waals surface area contributed by atoms with Gasteiger partial charge in [0.1, 0.15) is 0 Å². The predicted molar refractivity (Wildman–Crippen MR) is 127 cm³/mol. The van der Waals surface area contributed by atoms with Crippen molar-refractivity contribution in [2.75, 3.05) is 0 Å². The molecule has 0 spiro atoms. The van der Waals surface area contributed by atoms with Gasteiger partial charge in [0, 0.05) is 17.5 Å². The highest BCUT2D eigenvalue weighted by atomic mass is 16.1. The van der Waals surface area contributed by atoms with E-state index < -0.39 is 0 Å². The average molecular weight is 402 g/mol. The third kappa shape index (κ3) is 4.03. The summed E-state index contributed by atoms with van der Waals surface area (Å²) in [4.78, 5) is 17.8. The first-order valence-corrected chi connectivity index (χ1v) is 10.5. The molecule has 1 N–H and O–H groups in total. The fourth-order valence-electron chi connectivity index (χ4n) is 4.02. The maximum atomic E-state index is 12.9. The zero-order valence-electron chi connectivity index (χ0n) is 17.1. The fraction of sp³-hybridized carbons (Fsp3) is 0.0714. The van der Waals surface area contributed by atoms with E-state index in [2.05, 4.69) is 47.8 Å². The molecule has 1 aromatic heterocycles. The Balaban J connectivity index is 1.56. The topological polar surface area (TPSA) is 42.0 Å². The normalized spacial score (nSPS) is 11.0. The van der Waals surface area contributed by atoms with E-state index >= 15 is 0 Å².